The Morgan fingerprint density at radius 2 is 2.29 bits per heavy atom. The van der Waals surface area contributed by atoms with E-state index in [0.29, 0.717) is 17.9 Å². The van der Waals surface area contributed by atoms with Gasteiger partial charge in [-0.2, -0.15) is 5.10 Å². The number of aryl methyl sites for hydroxylation is 1. The number of nitrogens with zero attached hydrogens (tertiary/aromatic N) is 2. The summed E-state index contributed by atoms with van der Waals surface area (Å²) in [5.74, 6) is 0.441. The van der Waals surface area contributed by atoms with Gasteiger partial charge in [0, 0.05) is 7.05 Å². The fourth-order valence-corrected chi connectivity index (χ4v) is 1.16. The van der Waals surface area contributed by atoms with Crippen molar-refractivity contribution in [1.82, 2.24) is 9.78 Å². The Kier molecular flexibility index (Phi) is 3.97. The van der Waals surface area contributed by atoms with Crippen LogP contribution in [0.2, 0.25) is 0 Å². The smallest absolute Gasteiger partial charge is 0.491 e. The summed E-state index contributed by atoms with van der Waals surface area (Å²) in [5.41, 5.74) is 0.293. The lowest BCUT2D eigenvalue weighted by Crippen LogP contribution is -2.36. The zero-order chi connectivity index (χ0) is 10.6. The van der Waals surface area contributed by atoms with Crippen molar-refractivity contribution in [3.05, 3.63) is 6.20 Å². The highest BCUT2D eigenvalue weighted by molar-refractivity contribution is 6.58. The van der Waals surface area contributed by atoms with Crippen molar-refractivity contribution < 1.29 is 14.8 Å². The molecule has 1 aromatic heterocycles. The number of aromatic nitrogens is 2. The summed E-state index contributed by atoms with van der Waals surface area (Å²) in [5, 5.41) is 22.0. The number of rotatable bonds is 5. The van der Waals surface area contributed by atoms with Crippen LogP contribution < -0.4 is 10.3 Å². The summed E-state index contributed by atoms with van der Waals surface area (Å²) in [4.78, 5) is 0. The van der Waals surface area contributed by atoms with Crippen molar-refractivity contribution in [1.29, 1.82) is 0 Å². The molecule has 0 saturated heterocycles. The Hall–Kier alpha value is -1.01. The van der Waals surface area contributed by atoms with Crippen LogP contribution in [0, 0.1) is 0 Å². The first-order valence-corrected chi connectivity index (χ1v) is 4.67. The molecule has 0 aliphatic heterocycles. The fourth-order valence-electron chi connectivity index (χ4n) is 1.16. The third-order valence-electron chi connectivity index (χ3n) is 1.95. The molecule has 0 amide bonds. The molecule has 5 nitrogen and oxygen atoms in total. The summed E-state index contributed by atoms with van der Waals surface area (Å²) < 4.78 is 6.75. The lowest BCUT2D eigenvalue weighted by atomic mass is 9.85. The van der Waals surface area contributed by atoms with Gasteiger partial charge in [0.25, 0.3) is 0 Å². The van der Waals surface area contributed by atoms with E-state index in [1.165, 1.54) is 10.9 Å². The molecule has 0 aliphatic carbocycles. The van der Waals surface area contributed by atoms with Gasteiger partial charge >= 0.3 is 7.12 Å². The quantitative estimate of drug-likeness (QED) is 0.483. The van der Waals surface area contributed by atoms with E-state index in [0.717, 1.165) is 12.8 Å². The van der Waals surface area contributed by atoms with Crippen LogP contribution in [-0.2, 0) is 7.05 Å². The molecular weight excluding hydrogens is 183 g/mol. The minimum absolute atomic E-state index is 0.293. The molecule has 6 heteroatoms. The van der Waals surface area contributed by atoms with Crippen LogP contribution >= 0.6 is 0 Å². The first kappa shape index (κ1) is 11.1. The highest BCUT2D eigenvalue weighted by atomic mass is 16.5. The predicted octanol–water partition coefficient (Wildman–Crippen LogP) is -0.721. The van der Waals surface area contributed by atoms with E-state index in [1.807, 2.05) is 0 Å². The summed E-state index contributed by atoms with van der Waals surface area (Å²) in [7, 11) is 0.0979. The normalized spacial score (nSPS) is 10.3. The van der Waals surface area contributed by atoms with Crippen molar-refractivity contribution in [2.75, 3.05) is 6.61 Å². The van der Waals surface area contributed by atoms with E-state index in [9.17, 15) is 0 Å². The first-order chi connectivity index (χ1) is 6.66. The summed E-state index contributed by atoms with van der Waals surface area (Å²) in [6.45, 7) is 2.64. The molecule has 78 valence electrons. The maximum atomic E-state index is 9.05. The van der Waals surface area contributed by atoms with Crippen LogP contribution in [-0.4, -0.2) is 33.6 Å². The summed E-state index contributed by atoms with van der Waals surface area (Å²) in [6, 6.07) is 0. The molecule has 0 spiro atoms. The highest BCUT2D eigenvalue weighted by Crippen LogP contribution is 2.06. The molecule has 0 atom stereocenters. The number of unbranched alkanes of at least 4 members (excludes halogenated alkanes) is 1. The zero-order valence-electron chi connectivity index (χ0n) is 8.47. The van der Waals surface area contributed by atoms with Crippen LogP contribution in [0.25, 0.3) is 0 Å². The number of ether oxygens (including phenoxy) is 1. The number of hydrogen-bond acceptors (Lipinski definition) is 4. The minimum atomic E-state index is -1.54. The number of hydrogen-bond donors (Lipinski definition) is 2. The standard InChI is InChI=1S/C8H15BN2O3/c1-3-4-5-14-7-6-10-11(2)8(7)9(12)13/h6,12-13H,3-5H2,1-2H3. The second kappa shape index (κ2) is 5.02. The third kappa shape index (κ3) is 2.49. The third-order valence-corrected chi connectivity index (χ3v) is 1.95. The van der Waals surface area contributed by atoms with Gasteiger partial charge in [-0.25, -0.2) is 0 Å². The average Bonchev–Trinajstić information content (AvgIpc) is 2.47. The Morgan fingerprint density at radius 1 is 1.57 bits per heavy atom. The van der Waals surface area contributed by atoms with Crippen molar-refractivity contribution in [3.63, 3.8) is 0 Å². The van der Waals surface area contributed by atoms with Gasteiger partial charge in [-0.3, -0.25) is 4.68 Å². The van der Waals surface area contributed by atoms with E-state index in [4.69, 9.17) is 14.8 Å². The lowest BCUT2D eigenvalue weighted by molar-refractivity contribution is 0.309. The molecule has 1 rings (SSSR count). The molecule has 14 heavy (non-hydrogen) atoms. The van der Waals surface area contributed by atoms with Gasteiger partial charge in [-0.1, -0.05) is 13.3 Å². The van der Waals surface area contributed by atoms with Gasteiger partial charge < -0.3 is 14.8 Å². The molecule has 2 N–H and O–H groups in total. The Bertz CT molecular complexity index is 288. The zero-order valence-corrected chi connectivity index (χ0v) is 8.47. The summed E-state index contributed by atoms with van der Waals surface area (Å²) >= 11 is 0. The summed E-state index contributed by atoms with van der Waals surface area (Å²) in [6.07, 6.45) is 3.47. The second-order valence-electron chi connectivity index (χ2n) is 3.09. The van der Waals surface area contributed by atoms with Crippen LogP contribution in [0.5, 0.6) is 5.75 Å². The predicted molar refractivity (Wildman–Crippen MR) is 53.4 cm³/mol. The van der Waals surface area contributed by atoms with Crippen molar-refractivity contribution in [2.45, 2.75) is 19.8 Å². The Balaban J connectivity index is 2.66. The van der Waals surface area contributed by atoms with Gasteiger partial charge in [0.1, 0.15) is 5.59 Å². The largest absolute Gasteiger partial charge is 0.511 e. The Labute approximate surface area is 83.5 Å². The lowest BCUT2D eigenvalue weighted by Gasteiger charge is -2.06. The van der Waals surface area contributed by atoms with Gasteiger partial charge in [0.05, 0.1) is 12.8 Å². The van der Waals surface area contributed by atoms with E-state index in [2.05, 4.69) is 12.0 Å². The monoisotopic (exact) mass is 198 g/mol. The van der Waals surface area contributed by atoms with Gasteiger partial charge in [-0.05, 0) is 6.42 Å². The molecule has 0 aromatic carbocycles. The van der Waals surface area contributed by atoms with Crippen LogP contribution in [0.1, 0.15) is 19.8 Å². The van der Waals surface area contributed by atoms with Crippen LogP contribution in [0.4, 0.5) is 0 Å². The minimum Gasteiger partial charge on any atom is -0.491 e. The molecule has 1 aromatic rings. The van der Waals surface area contributed by atoms with E-state index in [-0.39, 0.29) is 0 Å². The van der Waals surface area contributed by atoms with Crippen LogP contribution in [0.3, 0.4) is 0 Å². The van der Waals surface area contributed by atoms with Crippen molar-refractivity contribution in [2.24, 2.45) is 7.05 Å². The molecule has 0 saturated carbocycles. The van der Waals surface area contributed by atoms with Gasteiger partial charge in [0.2, 0.25) is 0 Å². The molecule has 0 fully saturated rings. The highest BCUT2D eigenvalue weighted by Gasteiger charge is 2.22. The molecule has 0 aliphatic rings. The molecule has 0 unspecified atom stereocenters. The molecule has 0 bridgehead atoms. The topological polar surface area (TPSA) is 67.5 Å². The maximum absolute atomic E-state index is 9.05. The van der Waals surface area contributed by atoms with Gasteiger partial charge in [-0.15, -0.1) is 0 Å². The SMILES string of the molecule is CCCCOc1cnn(C)c1B(O)O. The van der Waals surface area contributed by atoms with E-state index in [1.54, 1.807) is 7.05 Å². The molecule has 1 heterocycles. The van der Waals surface area contributed by atoms with Gasteiger partial charge in [0.15, 0.2) is 5.75 Å². The Morgan fingerprint density at radius 3 is 2.86 bits per heavy atom. The van der Waals surface area contributed by atoms with Crippen molar-refractivity contribution >= 4 is 12.7 Å². The van der Waals surface area contributed by atoms with Crippen LogP contribution in [0.15, 0.2) is 6.20 Å². The first-order valence-electron chi connectivity index (χ1n) is 4.67. The fraction of sp³-hybridized carbons (Fsp3) is 0.625. The maximum Gasteiger partial charge on any atom is 0.511 e. The molecule has 0 radical (unpaired) electrons. The van der Waals surface area contributed by atoms with E-state index < -0.39 is 7.12 Å². The van der Waals surface area contributed by atoms with Crippen molar-refractivity contribution in [3.8, 4) is 5.75 Å². The average molecular weight is 198 g/mol. The molecular formula is C8H15BN2O3. The van der Waals surface area contributed by atoms with E-state index >= 15 is 0 Å². The second-order valence-corrected chi connectivity index (χ2v) is 3.09.